The lowest BCUT2D eigenvalue weighted by Gasteiger charge is -2.27. The lowest BCUT2D eigenvalue weighted by molar-refractivity contribution is 0.0777. The van der Waals surface area contributed by atoms with Crippen LogP contribution in [0.25, 0.3) is 11.0 Å². The second kappa shape index (κ2) is 8.88. The van der Waals surface area contributed by atoms with Gasteiger partial charge in [0.25, 0.3) is 0 Å². The maximum Gasteiger partial charge on any atom is 0.184 e. The van der Waals surface area contributed by atoms with Gasteiger partial charge in [-0.1, -0.05) is 24.3 Å². The predicted octanol–water partition coefficient (Wildman–Crippen LogP) is 3.72. The van der Waals surface area contributed by atoms with E-state index in [0.29, 0.717) is 35.8 Å². The van der Waals surface area contributed by atoms with E-state index in [9.17, 15) is 13.2 Å². The highest BCUT2D eigenvalue weighted by atomic mass is 32.2. The SMILES string of the molecule is Cc1cc(C(=O)Cn2c(CS(C)(=O)=O)nc3ccccc32)c(C)n1C[C@@H]1COc2ccccc2O1. The topological polar surface area (TPSA) is 92.4 Å². The van der Waals surface area contributed by atoms with E-state index >= 15 is 0 Å². The number of ether oxygens (including phenoxy) is 2. The number of nitrogens with zero attached hydrogens (tertiary/aromatic N) is 3. The average Bonchev–Trinajstić information content (AvgIpc) is 3.29. The van der Waals surface area contributed by atoms with Gasteiger partial charge in [-0.25, -0.2) is 13.4 Å². The van der Waals surface area contributed by atoms with Gasteiger partial charge < -0.3 is 18.6 Å². The number of rotatable bonds is 7. The summed E-state index contributed by atoms with van der Waals surface area (Å²) in [6, 6.07) is 16.8. The molecular weight excluding hydrogens is 466 g/mol. The monoisotopic (exact) mass is 493 g/mol. The predicted molar refractivity (Wildman–Crippen MR) is 133 cm³/mol. The van der Waals surface area contributed by atoms with Crippen LogP contribution in [0.5, 0.6) is 11.5 Å². The Kier molecular flexibility index (Phi) is 5.88. The van der Waals surface area contributed by atoms with E-state index in [0.717, 1.165) is 22.7 Å². The minimum atomic E-state index is -3.32. The lowest BCUT2D eigenvalue weighted by Crippen LogP contribution is -2.33. The zero-order valence-electron chi connectivity index (χ0n) is 19.9. The number of para-hydroxylation sites is 4. The van der Waals surface area contributed by atoms with E-state index in [2.05, 4.69) is 9.55 Å². The molecule has 2 aromatic carbocycles. The fraction of sp³-hybridized carbons (Fsp3) is 0.308. The van der Waals surface area contributed by atoms with Crippen molar-refractivity contribution in [1.29, 1.82) is 0 Å². The summed E-state index contributed by atoms with van der Waals surface area (Å²) >= 11 is 0. The highest BCUT2D eigenvalue weighted by Gasteiger charge is 2.25. The fourth-order valence-corrected chi connectivity index (χ4v) is 5.29. The Morgan fingerprint density at radius 2 is 1.77 bits per heavy atom. The van der Waals surface area contributed by atoms with Gasteiger partial charge in [-0.05, 0) is 44.2 Å². The van der Waals surface area contributed by atoms with Gasteiger partial charge in [0.1, 0.15) is 18.2 Å². The summed E-state index contributed by atoms with van der Waals surface area (Å²) in [5.74, 6) is 1.48. The van der Waals surface area contributed by atoms with Crippen molar-refractivity contribution < 1.29 is 22.7 Å². The first-order valence-corrected chi connectivity index (χ1v) is 13.5. The Morgan fingerprint density at radius 3 is 2.54 bits per heavy atom. The first-order chi connectivity index (χ1) is 16.7. The molecule has 0 aliphatic carbocycles. The summed E-state index contributed by atoms with van der Waals surface area (Å²) in [5.41, 5.74) is 3.78. The number of aromatic nitrogens is 3. The van der Waals surface area contributed by atoms with Crippen molar-refractivity contribution in [2.45, 2.75) is 38.8 Å². The summed E-state index contributed by atoms with van der Waals surface area (Å²) in [5, 5.41) is 0. The van der Waals surface area contributed by atoms with Crippen molar-refractivity contribution in [1.82, 2.24) is 14.1 Å². The highest BCUT2D eigenvalue weighted by molar-refractivity contribution is 7.89. The molecule has 1 aliphatic heterocycles. The fourth-order valence-electron chi connectivity index (χ4n) is 4.60. The number of sulfone groups is 1. The minimum absolute atomic E-state index is 0.00603. The van der Waals surface area contributed by atoms with Crippen LogP contribution in [0, 0.1) is 13.8 Å². The summed E-state index contributed by atoms with van der Waals surface area (Å²) in [4.78, 5) is 17.9. The number of hydrogen-bond acceptors (Lipinski definition) is 6. The molecule has 182 valence electrons. The van der Waals surface area contributed by atoms with E-state index in [1.165, 1.54) is 6.26 Å². The van der Waals surface area contributed by atoms with E-state index in [1.807, 2.05) is 68.4 Å². The molecule has 0 amide bonds. The third-order valence-corrected chi connectivity index (χ3v) is 7.04. The minimum Gasteiger partial charge on any atom is -0.486 e. The van der Waals surface area contributed by atoms with Crippen LogP contribution in [0.15, 0.2) is 54.6 Å². The van der Waals surface area contributed by atoms with E-state index in [1.54, 1.807) is 4.57 Å². The lowest BCUT2D eigenvalue weighted by atomic mass is 10.1. The molecule has 0 fully saturated rings. The third kappa shape index (κ3) is 4.68. The molecule has 0 radical (unpaired) electrons. The molecule has 5 rings (SSSR count). The molecule has 3 heterocycles. The van der Waals surface area contributed by atoms with Crippen molar-refractivity contribution >= 4 is 26.7 Å². The van der Waals surface area contributed by atoms with Gasteiger partial charge in [-0.2, -0.15) is 0 Å². The molecule has 0 N–H and O–H groups in total. The van der Waals surface area contributed by atoms with Crippen LogP contribution < -0.4 is 9.47 Å². The van der Waals surface area contributed by atoms with Gasteiger partial charge in [-0.15, -0.1) is 0 Å². The highest BCUT2D eigenvalue weighted by Crippen LogP contribution is 2.31. The number of fused-ring (bicyclic) bond motifs is 2. The van der Waals surface area contributed by atoms with Crippen LogP contribution in [0.3, 0.4) is 0 Å². The Morgan fingerprint density at radius 1 is 1.06 bits per heavy atom. The number of benzene rings is 2. The smallest absolute Gasteiger partial charge is 0.184 e. The Labute approximate surface area is 204 Å². The van der Waals surface area contributed by atoms with Gasteiger partial charge in [0, 0.05) is 23.2 Å². The maximum atomic E-state index is 13.4. The van der Waals surface area contributed by atoms with Crippen molar-refractivity contribution in [2.75, 3.05) is 12.9 Å². The van der Waals surface area contributed by atoms with Crippen LogP contribution in [-0.4, -0.2) is 47.3 Å². The molecule has 35 heavy (non-hydrogen) atoms. The van der Waals surface area contributed by atoms with Gasteiger partial charge >= 0.3 is 0 Å². The van der Waals surface area contributed by atoms with E-state index in [-0.39, 0.29) is 24.2 Å². The summed E-state index contributed by atoms with van der Waals surface area (Å²) in [7, 11) is -3.32. The Bertz CT molecular complexity index is 1530. The average molecular weight is 494 g/mol. The number of carbonyl (C=O) groups excluding carboxylic acids is 1. The van der Waals surface area contributed by atoms with Crippen LogP contribution in [0.4, 0.5) is 0 Å². The number of carbonyl (C=O) groups is 1. The number of Topliss-reactive ketones (excluding diaryl/α,β-unsaturated/α-hetero) is 1. The molecule has 0 saturated heterocycles. The van der Waals surface area contributed by atoms with Crippen LogP contribution in [-0.2, 0) is 28.7 Å². The zero-order chi connectivity index (χ0) is 24.7. The normalized spacial score (nSPS) is 15.5. The number of ketones is 1. The second-order valence-electron chi connectivity index (χ2n) is 8.99. The largest absolute Gasteiger partial charge is 0.486 e. The second-order valence-corrected chi connectivity index (χ2v) is 11.1. The van der Waals surface area contributed by atoms with Crippen LogP contribution in [0.2, 0.25) is 0 Å². The number of imidazole rings is 1. The molecule has 1 atom stereocenters. The molecule has 9 heteroatoms. The molecule has 0 unspecified atom stereocenters. The molecule has 0 saturated carbocycles. The zero-order valence-corrected chi connectivity index (χ0v) is 20.7. The number of hydrogen-bond donors (Lipinski definition) is 0. The number of aryl methyl sites for hydroxylation is 1. The van der Waals surface area contributed by atoms with Gasteiger partial charge in [0.15, 0.2) is 33.2 Å². The molecule has 0 bridgehead atoms. The third-order valence-electron chi connectivity index (χ3n) is 6.25. The van der Waals surface area contributed by atoms with Crippen molar-refractivity contribution in [3.8, 4) is 11.5 Å². The standard InChI is InChI=1S/C26H27N3O5S/c1-17-12-20(18(2)28(17)13-19-15-33-24-10-6-7-11-25(24)34-19)23(30)14-29-22-9-5-4-8-21(22)27-26(29)16-35(3,31)32/h4-12,19H,13-16H2,1-3H3/t19-/m1/s1. The molecular formula is C26H27N3O5S. The molecule has 4 aromatic rings. The first kappa shape index (κ1) is 23.2. The molecule has 2 aromatic heterocycles. The van der Waals surface area contributed by atoms with E-state index in [4.69, 9.17) is 9.47 Å². The molecule has 8 nitrogen and oxygen atoms in total. The van der Waals surface area contributed by atoms with Gasteiger partial charge in [0.05, 0.1) is 24.1 Å². The van der Waals surface area contributed by atoms with Crippen molar-refractivity contribution in [2.24, 2.45) is 0 Å². The summed E-state index contributed by atoms with van der Waals surface area (Å²) in [6.07, 6.45) is 0.985. The van der Waals surface area contributed by atoms with Crippen LogP contribution in [0.1, 0.15) is 27.6 Å². The quantitative estimate of drug-likeness (QED) is 0.365. The Balaban J connectivity index is 1.40. The van der Waals surface area contributed by atoms with Crippen LogP contribution >= 0.6 is 0 Å². The van der Waals surface area contributed by atoms with Crippen molar-refractivity contribution in [3.05, 3.63) is 77.4 Å². The Hall–Kier alpha value is -3.59. The van der Waals surface area contributed by atoms with Gasteiger partial charge in [-0.3, -0.25) is 4.79 Å². The molecule has 1 aliphatic rings. The molecule has 0 spiro atoms. The summed E-state index contributed by atoms with van der Waals surface area (Å²) < 4.78 is 39.7. The van der Waals surface area contributed by atoms with Crippen molar-refractivity contribution in [3.63, 3.8) is 0 Å². The van der Waals surface area contributed by atoms with Gasteiger partial charge in [0.2, 0.25) is 0 Å². The maximum absolute atomic E-state index is 13.4. The van der Waals surface area contributed by atoms with E-state index < -0.39 is 9.84 Å². The summed E-state index contributed by atoms with van der Waals surface area (Å²) in [6.45, 7) is 4.86. The first-order valence-electron chi connectivity index (χ1n) is 11.4.